The summed E-state index contributed by atoms with van der Waals surface area (Å²) in [7, 11) is 0. The van der Waals surface area contributed by atoms with Gasteiger partial charge in [0.1, 0.15) is 6.04 Å². The fourth-order valence-corrected chi connectivity index (χ4v) is 2.69. The van der Waals surface area contributed by atoms with Gasteiger partial charge in [0.2, 0.25) is 0 Å². The van der Waals surface area contributed by atoms with Crippen LogP contribution >= 0.6 is 11.8 Å². The van der Waals surface area contributed by atoms with Gasteiger partial charge in [-0.2, -0.15) is 11.8 Å². The molecule has 146 valence electrons. The normalized spacial score (nSPS) is 14.1. The highest BCUT2D eigenvalue weighted by molar-refractivity contribution is 7.98. The summed E-state index contributed by atoms with van der Waals surface area (Å²) in [4.78, 5) is 46.5. The number of esters is 1. The minimum atomic E-state index is -0.946. The third-order valence-corrected chi connectivity index (χ3v) is 4.45. The van der Waals surface area contributed by atoms with E-state index in [1.807, 2.05) is 6.26 Å². The van der Waals surface area contributed by atoms with Gasteiger partial charge in [-0.3, -0.25) is 19.7 Å². The molecule has 0 spiro atoms. The molecule has 1 aromatic carbocycles. The number of hydrogen-bond donors (Lipinski definition) is 2. The van der Waals surface area contributed by atoms with Crippen LogP contribution in [0.5, 0.6) is 0 Å². The van der Waals surface area contributed by atoms with Gasteiger partial charge in [0.15, 0.2) is 6.61 Å². The number of ether oxygens (including phenoxy) is 1. The maximum absolute atomic E-state index is 12.4. The molecule has 9 nitrogen and oxygen atoms in total. The minimum absolute atomic E-state index is 0.0672. The van der Waals surface area contributed by atoms with E-state index in [2.05, 4.69) is 10.6 Å². The molecule has 0 radical (unpaired) electrons. The second-order valence-corrected chi connectivity index (χ2v) is 7.05. The Morgan fingerprint density at radius 2 is 2.11 bits per heavy atom. The van der Waals surface area contributed by atoms with Crippen LogP contribution in [0.1, 0.15) is 29.6 Å². The molecule has 0 heterocycles. The summed E-state index contributed by atoms with van der Waals surface area (Å²) in [5.74, 6) is -1.12. The Labute approximate surface area is 160 Å². The number of nitrogens with zero attached hydrogens (tertiary/aromatic N) is 1. The third-order valence-electron chi connectivity index (χ3n) is 3.81. The lowest BCUT2D eigenvalue weighted by Crippen LogP contribution is -2.43. The predicted molar refractivity (Wildman–Crippen MR) is 99.5 cm³/mol. The van der Waals surface area contributed by atoms with Crippen molar-refractivity contribution >= 4 is 35.2 Å². The topological polar surface area (TPSA) is 128 Å². The molecule has 2 N–H and O–H groups in total. The number of thioether (sulfide) groups is 1. The Bertz CT molecular complexity index is 722. The molecule has 0 aliphatic heterocycles. The maximum atomic E-state index is 12.4. The maximum Gasteiger partial charge on any atom is 0.329 e. The molecule has 2 amide bonds. The molecule has 27 heavy (non-hydrogen) atoms. The summed E-state index contributed by atoms with van der Waals surface area (Å²) in [5, 5.41) is 16.1. The van der Waals surface area contributed by atoms with Gasteiger partial charge >= 0.3 is 5.97 Å². The largest absolute Gasteiger partial charge is 0.454 e. The van der Waals surface area contributed by atoms with Crippen LogP contribution in [-0.4, -0.2) is 53.4 Å². The smallest absolute Gasteiger partial charge is 0.329 e. The van der Waals surface area contributed by atoms with Crippen LogP contribution in [0, 0.1) is 10.1 Å². The summed E-state index contributed by atoms with van der Waals surface area (Å²) < 4.78 is 5.01. The summed E-state index contributed by atoms with van der Waals surface area (Å²) in [5.41, 5.74) is -0.153. The lowest BCUT2D eigenvalue weighted by Gasteiger charge is -2.17. The van der Waals surface area contributed by atoms with E-state index in [0.29, 0.717) is 12.2 Å². The number of nitro benzene ring substituents is 1. The minimum Gasteiger partial charge on any atom is -0.454 e. The first-order valence-corrected chi connectivity index (χ1v) is 9.80. The number of benzene rings is 1. The molecule has 1 fully saturated rings. The van der Waals surface area contributed by atoms with Gasteiger partial charge in [0, 0.05) is 23.7 Å². The van der Waals surface area contributed by atoms with Crippen molar-refractivity contribution in [3.63, 3.8) is 0 Å². The quantitative estimate of drug-likeness (QED) is 0.347. The number of nitrogens with one attached hydrogen (secondary N) is 2. The standard InChI is InChI=1S/C17H21N3O6S/c1-27-8-7-14(17(23)26-10-15(21)18-12-5-6-12)19-16(22)11-3-2-4-13(9-11)20(24)25/h2-4,9,12,14H,5-8,10H2,1H3,(H,18,21)(H,19,22). The van der Waals surface area contributed by atoms with Gasteiger partial charge in [0.25, 0.3) is 17.5 Å². The fraction of sp³-hybridized carbons (Fsp3) is 0.471. The van der Waals surface area contributed by atoms with Crippen molar-refractivity contribution in [1.29, 1.82) is 0 Å². The van der Waals surface area contributed by atoms with Crippen LogP contribution in [0.25, 0.3) is 0 Å². The number of carbonyl (C=O) groups excluding carboxylic acids is 3. The van der Waals surface area contributed by atoms with Crippen molar-refractivity contribution < 1.29 is 24.0 Å². The van der Waals surface area contributed by atoms with Gasteiger partial charge < -0.3 is 15.4 Å². The van der Waals surface area contributed by atoms with Gasteiger partial charge in [-0.05, 0) is 37.3 Å². The average Bonchev–Trinajstić information content (AvgIpc) is 3.46. The highest BCUT2D eigenvalue weighted by Gasteiger charge is 2.26. The Hall–Kier alpha value is -2.62. The molecule has 0 bridgehead atoms. The van der Waals surface area contributed by atoms with E-state index in [0.717, 1.165) is 18.9 Å². The molecule has 1 aromatic rings. The predicted octanol–water partition coefficient (Wildman–Crippen LogP) is 1.27. The van der Waals surface area contributed by atoms with Crippen molar-refractivity contribution in [2.75, 3.05) is 18.6 Å². The second kappa shape index (κ2) is 9.91. The summed E-state index contributed by atoms with van der Waals surface area (Å²) in [6.45, 7) is -0.405. The van der Waals surface area contributed by atoms with Gasteiger partial charge in [-0.1, -0.05) is 6.07 Å². The van der Waals surface area contributed by atoms with Gasteiger partial charge in [0.05, 0.1) is 4.92 Å². The lowest BCUT2D eigenvalue weighted by molar-refractivity contribution is -0.384. The van der Waals surface area contributed by atoms with E-state index in [-0.39, 0.29) is 23.2 Å². The molecule has 10 heteroatoms. The Kier molecular flexibility index (Phi) is 7.59. The Morgan fingerprint density at radius 3 is 2.74 bits per heavy atom. The highest BCUT2D eigenvalue weighted by Crippen LogP contribution is 2.18. The van der Waals surface area contributed by atoms with Crippen molar-refractivity contribution in [1.82, 2.24) is 10.6 Å². The molecule has 2 rings (SSSR count). The second-order valence-electron chi connectivity index (χ2n) is 6.06. The zero-order chi connectivity index (χ0) is 19.8. The molecule has 1 saturated carbocycles. The van der Waals surface area contributed by atoms with Gasteiger partial charge in [-0.15, -0.1) is 0 Å². The molecule has 1 aliphatic rings. The first kappa shape index (κ1) is 20.7. The van der Waals surface area contributed by atoms with E-state index in [1.54, 1.807) is 0 Å². The van der Waals surface area contributed by atoms with Crippen molar-refractivity contribution in [2.45, 2.75) is 31.3 Å². The van der Waals surface area contributed by atoms with Crippen LogP contribution in [-0.2, 0) is 14.3 Å². The van der Waals surface area contributed by atoms with E-state index in [4.69, 9.17) is 4.74 Å². The Balaban J connectivity index is 1.96. The fourth-order valence-electron chi connectivity index (χ4n) is 2.22. The molecular weight excluding hydrogens is 374 g/mol. The van der Waals surface area contributed by atoms with Crippen molar-refractivity contribution in [3.05, 3.63) is 39.9 Å². The molecule has 0 saturated heterocycles. The molecule has 1 unspecified atom stereocenters. The lowest BCUT2D eigenvalue weighted by atomic mass is 10.1. The Morgan fingerprint density at radius 1 is 1.37 bits per heavy atom. The van der Waals surface area contributed by atoms with Crippen LogP contribution in [0.3, 0.4) is 0 Å². The summed E-state index contributed by atoms with van der Waals surface area (Å²) in [6, 6.07) is 4.44. The van der Waals surface area contributed by atoms with Crippen LogP contribution in [0.4, 0.5) is 5.69 Å². The number of rotatable bonds is 10. The van der Waals surface area contributed by atoms with E-state index < -0.39 is 29.4 Å². The first-order valence-electron chi connectivity index (χ1n) is 8.41. The van der Waals surface area contributed by atoms with Crippen LogP contribution in [0.2, 0.25) is 0 Å². The molecule has 1 atom stereocenters. The number of non-ortho nitro benzene ring substituents is 1. The average molecular weight is 395 g/mol. The monoisotopic (exact) mass is 395 g/mol. The number of amides is 2. The van der Waals surface area contributed by atoms with Crippen molar-refractivity contribution in [3.8, 4) is 0 Å². The van der Waals surface area contributed by atoms with Crippen LogP contribution < -0.4 is 10.6 Å². The summed E-state index contributed by atoms with van der Waals surface area (Å²) in [6.07, 6.45) is 4.02. The molecule has 1 aliphatic carbocycles. The van der Waals surface area contributed by atoms with E-state index >= 15 is 0 Å². The van der Waals surface area contributed by atoms with Crippen LogP contribution in [0.15, 0.2) is 24.3 Å². The SMILES string of the molecule is CSCCC(NC(=O)c1cccc([N+](=O)[O-])c1)C(=O)OCC(=O)NC1CC1. The van der Waals surface area contributed by atoms with E-state index in [1.165, 1.54) is 30.0 Å². The van der Waals surface area contributed by atoms with Crippen molar-refractivity contribution in [2.24, 2.45) is 0 Å². The summed E-state index contributed by atoms with van der Waals surface area (Å²) >= 11 is 1.49. The van der Waals surface area contributed by atoms with E-state index in [9.17, 15) is 24.5 Å². The molecule has 0 aromatic heterocycles. The number of nitro groups is 1. The van der Waals surface area contributed by atoms with Gasteiger partial charge in [-0.25, -0.2) is 4.79 Å². The zero-order valence-electron chi connectivity index (χ0n) is 14.8. The first-order chi connectivity index (χ1) is 12.9. The highest BCUT2D eigenvalue weighted by atomic mass is 32.2. The third kappa shape index (κ3) is 6.89. The zero-order valence-corrected chi connectivity index (χ0v) is 15.6. The number of hydrogen-bond acceptors (Lipinski definition) is 7. The number of carbonyl (C=O) groups is 3. The molecular formula is C17H21N3O6S.